The Balaban J connectivity index is 2.31. The molecule has 1 aliphatic rings. The largest absolute Gasteiger partial charge is 0.478 e. The Kier molecular flexibility index (Phi) is 3.20. The summed E-state index contributed by atoms with van der Waals surface area (Å²) < 4.78 is 5.61. The van der Waals surface area contributed by atoms with Gasteiger partial charge in [0.2, 0.25) is 0 Å². The fraction of sp³-hybridized carbons (Fsp3) is 0.462. The Hall–Kier alpha value is -1.02. The topological polar surface area (TPSA) is 21.6 Å². The summed E-state index contributed by atoms with van der Waals surface area (Å²) in [7, 11) is 0. The van der Waals surface area contributed by atoms with Gasteiger partial charge in [-0.2, -0.15) is 0 Å². The molecule has 2 rings (SSSR count). The van der Waals surface area contributed by atoms with Crippen LogP contribution in [0.3, 0.4) is 0 Å². The van der Waals surface area contributed by atoms with Crippen molar-refractivity contribution in [1.29, 1.82) is 0 Å². The van der Waals surface area contributed by atoms with E-state index in [0.29, 0.717) is 6.61 Å². The molecule has 0 bridgehead atoms. The molecule has 16 heavy (non-hydrogen) atoms. The fourth-order valence-corrected chi connectivity index (χ4v) is 2.28. The van der Waals surface area contributed by atoms with Crippen LogP contribution in [0, 0.1) is 0 Å². The van der Waals surface area contributed by atoms with E-state index in [1.807, 2.05) is 24.3 Å². The molecule has 86 valence electrons. The molecule has 1 aliphatic heterocycles. The zero-order chi connectivity index (χ0) is 11.6. The second kappa shape index (κ2) is 4.46. The summed E-state index contributed by atoms with van der Waals surface area (Å²) in [5, 5.41) is 0.759. The van der Waals surface area contributed by atoms with E-state index in [4.69, 9.17) is 16.3 Å². The first-order valence-corrected chi connectivity index (χ1v) is 6.00. The van der Waals surface area contributed by atoms with E-state index in [2.05, 4.69) is 18.8 Å². The Morgan fingerprint density at radius 1 is 1.44 bits per heavy atom. The molecule has 0 spiro atoms. The molecule has 1 aromatic carbocycles. The van der Waals surface area contributed by atoms with Gasteiger partial charge < -0.3 is 4.74 Å². The van der Waals surface area contributed by atoms with Crippen molar-refractivity contribution in [2.45, 2.75) is 32.2 Å². The third kappa shape index (κ3) is 2.07. The zero-order valence-electron chi connectivity index (χ0n) is 9.66. The number of hydrogen-bond donors (Lipinski definition) is 0. The van der Waals surface area contributed by atoms with Crippen molar-refractivity contribution in [2.75, 3.05) is 6.61 Å². The van der Waals surface area contributed by atoms with Crippen molar-refractivity contribution in [3.63, 3.8) is 0 Å². The molecule has 0 saturated heterocycles. The molecule has 0 amide bonds. The first-order valence-electron chi connectivity index (χ1n) is 5.62. The van der Waals surface area contributed by atoms with E-state index in [1.165, 1.54) is 0 Å². The van der Waals surface area contributed by atoms with Crippen molar-refractivity contribution in [3.05, 3.63) is 34.9 Å². The molecule has 0 radical (unpaired) electrons. The summed E-state index contributed by atoms with van der Waals surface area (Å²) in [5.74, 6) is 0.852. The smallest absolute Gasteiger partial charge is 0.184 e. The predicted octanol–water partition coefficient (Wildman–Crippen LogP) is 3.78. The van der Waals surface area contributed by atoms with Crippen LogP contribution in [-0.4, -0.2) is 12.5 Å². The normalized spacial score (nSPS) is 24.1. The van der Waals surface area contributed by atoms with Gasteiger partial charge in [-0.05, 0) is 19.4 Å². The van der Waals surface area contributed by atoms with Gasteiger partial charge in [-0.3, -0.25) is 0 Å². The quantitative estimate of drug-likeness (QED) is 0.784. The number of halogens is 1. The molecule has 0 N–H and O–H groups in total. The molecule has 0 fully saturated rings. The zero-order valence-corrected chi connectivity index (χ0v) is 10.4. The highest BCUT2D eigenvalue weighted by Gasteiger charge is 2.34. The Labute approximate surface area is 101 Å². The maximum absolute atomic E-state index is 6.19. The van der Waals surface area contributed by atoms with E-state index in [1.54, 1.807) is 0 Å². The highest BCUT2D eigenvalue weighted by Crippen LogP contribution is 2.35. The molecule has 0 aromatic heterocycles. The third-order valence-electron chi connectivity index (χ3n) is 2.81. The number of aliphatic imine (C=N–C) groups is 1. The molecule has 1 heterocycles. The molecule has 1 atom stereocenters. The molecular weight excluding hydrogens is 222 g/mol. The minimum Gasteiger partial charge on any atom is -0.478 e. The van der Waals surface area contributed by atoms with Crippen molar-refractivity contribution < 1.29 is 4.74 Å². The van der Waals surface area contributed by atoms with Crippen LogP contribution in [0.1, 0.15) is 32.3 Å². The lowest BCUT2D eigenvalue weighted by Crippen LogP contribution is -2.21. The number of benzene rings is 1. The van der Waals surface area contributed by atoms with Gasteiger partial charge in [0, 0.05) is 17.0 Å². The minimum atomic E-state index is -0.317. The Bertz CT molecular complexity index is 416. The van der Waals surface area contributed by atoms with Gasteiger partial charge in [-0.1, -0.05) is 36.7 Å². The van der Waals surface area contributed by atoms with E-state index in [0.717, 1.165) is 29.3 Å². The highest BCUT2D eigenvalue weighted by molar-refractivity contribution is 6.31. The van der Waals surface area contributed by atoms with E-state index in [9.17, 15) is 0 Å². The van der Waals surface area contributed by atoms with Gasteiger partial charge in [0.25, 0.3) is 0 Å². The van der Waals surface area contributed by atoms with Crippen LogP contribution in [0.5, 0.6) is 0 Å². The van der Waals surface area contributed by atoms with Crippen molar-refractivity contribution in [3.8, 4) is 0 Å². The van der Waals surface area contributed by atoms with Crippen LogP contribution in [0.2, 0.25) is 5.02 Å². The lowest BCUT2D eigenvalue weighted by atomic mass is 9.94. The summed E-state index contributed by atoms with van der Waals surface area (Å²) in [4.78, 5) is 4.65. The first-order chi connectivity index (χ1) is 7.65. The van der Waals surface area contributed by atoms with Gasteiger partial charge in [0.05, 0.1) is 0 Å². The maximum Gasteiger partial charge on any atom is 0.184 e. The lowest BCUT2D eigenvalue weighted by molar-refractivity contribution is 0.264. The minimum absolute atomic E-state index is 0.317. The number of nitrogens with zero attached hydrogens (tertiary/aromatic N) is 1. The summed E-state index contributed by atoms with van der Waals surface area (Å²) in [6.07, 6.45) is 1.96. The molecule has 0 aliphatic carbocycles. The second-order valence-corrected chi connectivity index (χ2v) is 4.71. The summed E-state index contributed by atoms with van der Waals surface area (Å²) in [5.41, 5.74) is 0.728. The van der Waals surface area contributed by atoms with Crippen LogP contribution >= 0.6 is 11.6 Å². The molecule has 3 heteroatoms. The van der Waals surface area contributed by atoms with Crippen LogP contribution < -0.4 is 0 Å². The van der Waals surface area contributed by atoms with Crippen molar-refractivity contribution in [2.24, 2.45) is 4.99 Å². The van der Waals surface area contributed by atoms with E-state index >= 15 is 0 Å². The number of ether oxygens (including phenoxy) is 1. The maximum atomic E-state index is 6.19. The molecule has 0 saturated carbocycles. The summed E-state index contributed by atoms with van der Waals surface area (Å²) in [6.45, 7) is 4.78. The van der Waals surface area contributed by atoms with Crippen LogP contribution in [0.15, 0.2) is 29.3 Å². The highest BCUT2D eigenvalue weighted by atomic mass is 35.5. The summed E-state index contributed by atoms with van der Waals surface area (Å²) >= 11 is 6.19. The molecule has 2 nitrogen and oxygen atoms in total. The number of hydrogen-bond acceptors (Lipinski definition) is 2. The van der Waals surface area contributed by atoms with Gasteiger partial charge in [-0.25, -0.2) is 4.99 Å². The van der Waals surface area contributed by atoms with Crippen LogP contribution in [-0.2, 0) is 10.3 Å². The fourth-order valence-electron chi connectivity index (χ4n) is 1.94. The molecule has 1 unspecified atom stereocenters. The Morgan fingerprint density at radius 3 is 2.88 bits per heavy atom. The van der Waals surface area contributed by atoms with Crippen molar-refractivity contribution >= 4 is 17.5 Å². The van der Waals surface area contributed by atoms with Gasteiger partial charge in [0.1, 0.15) is 12.1 Å². The van der Waals surface area contributed by atoms with Gasteiger partial charge >= 0.3 is 0 Å². The Morgan fingerprint density at radius 2 is 2.19 bits per heavy atom. The molecule has 1 aromatic rings. The average Bonchev–Trinajstić information content (AvgIpc) is 2.62. The van der Waals surface area contributed by atoms with Crippen LogP contribution in [0.4, 0.5) is 0 Å². The SMILES string of the molecule is CCCC1=NC(C)(c2ccccc2Cl)CO1. The van der Waals surface area contributed by atoms with E-state index in [-0.39, 0.29) is 5.54 Å². The lowest BCUT2D eigenvalue weighted by Gasteiger charge is -2.19. The monoisotopic (exact) mass is 237 g/mol. The predicted molar refractivity (Wildman–Crippen MR) is 67.1 cm³/mol. The van der Waals surface area contributed by atoms with Crippen LogP contribution in [0.25, 0.3) is 0 Å². The molecular formula is C13H16ClNO. The van der Waals surface area contributed by atoms with Gasteiger partial charge in [0.15, 0.2) is 5.90 Å². The third-order valence-corrected chi connectivity index (χ3v) is 3.14. The summed E-state index contributed by atoms with van der Waals surface area (Å²) in [6, 6.07) is 7.83. The average molecular weight is 238 g/mol. The van der Waals surface area contributed by atoms with Crippen molar-refractivity contribution in [1.82, 2.24) is 0 Å². The standard InChI is InChI=1S/C13H16ClNO/c1-3-6-12-15-13(2,9-16-12)10-7-4-5-8-11(10)14/h4-5,7-8H,3,6,9H2,1-2H3. The van der Waals surface area contributed by atoms with Gasteiger partial charge in [-0.15, -0.1) is 0 Å². The second-order valence-electron chi connectivity index (χ2n) is 4.30. The number of rotatable bonds is 3. The first kappa shape index (κ1) is 11.5. The van der Waals surface area contributed by atoms with E-state index < -0.39 is 0 Å².